The molecule has 0 saturated carbocycles. The molecule has 28 heavy (non-hydrogen) atoms. The summed E-state index contributed by atoms with van der Waals surface area (Å²) in [4.78, 5) is 38.2. The Morgan fingerprint density at radius 3 is 2.43 bits per heavy atom. The van der Waals surface area contributed by atoms with E-state index < -0.39 is 17.8 Å². The summed E-state index contributed by atoms with van der Waals surface area (Å²) in [7, 11) is 1.52. The topological polar surface area (TPSA) is 84.9 Å². The van der Waals surface area contributed by atoms with Crippen LogP contribution in [0.3, 0.4) is 0 Å². The van der Waals surface area contributed by atoms with Gasteiger partial charge < -0.3 is 9.47 Å². The molecule has 1 fully saturated rings. The van der Waals surface area contributed by atoms with Gasteiger partial charge in [-0.25, -0.2) is 9.69 Å². The van der Waals surface area contributed by atoms with Crippen LogP contribution in [0, 0.1) is 0 Å². The van der Waals surface area contributed by atoms with E-state index in [9.17, 15) is 14.4 Å². The number of urea groups is 1. The minimum atomic E-state index is -0.820. The first kappa shape index (κ1) is 19.4. The first-order valence-electron chi connectivity index (χ1n) is 8.42. The Morgan fingerprint density at radius 2 is 1.79 bits per heavy atom. The van der Waals surface area contributed by atoms with Crippen molar-refractivity contribution in [3.05, 3.63) is 58.6 Å². The number of carbonyl (C=O) groups excluding carboxylic acids is 3. The fourth-order valence-corrected chi connectivity index (χ4v) is 2.83. The van der Waals surface area contributed by atoms with Crippen molar-refractivity contribution in [1.82, 2.24) is 5.32 Å². The Morgan fingerprint density at radius 1 is 1.07 bits per heavy atom. The van der Waals surface area contributed by atoms with Crippen LogP contribution in [-0.2, 0) is 9.59 Å². The van der Waals surface area contributed by atoms with Gasteiger partial charge in [0.05, 0.1) is 19.4 Å². The molecule has 2 aromatic carbocycles. The normalized spacial score (nSPS) is 15.6. The van der Waals surface area contributed by atoms with Crippen LogP contribution in [0.25, 0.3) is 6.08 Å². The van der Waals surface area contributed by atoms with Gasteiger partial charge in [-0.1, -0.05) is 17.7 Å². The van der Waals surface area contributed by atoms with E-state index in [1.807, 2.05) is 6.92 Å². The summed E-state index contributed by atoms with van der Waals surface area (Å²) < 4.78 is 10.7. The molecule has 1 saturated heterocycles. The number of anilines is 1. The smallest absolute Gasteiger partial charge is 0.335 e. The fraction of sp³-hybridized carbons (Fsp3) is 0.150. The number of ether oxygens (including phenoxy) is 2. The van der Waals surface area contributed by atoms with E-state index in [1.165, 1.54) is 25.3 Å². The molecule has 4 amide bonds. The van der Waals surface area contributed by atoms with Crippen molar-refractivity contribution >= 4 is 41.2 Å². The number of barbiturate groups is 1. The van der Waals surface area contributed by atoms with E-state index in [1.54, 1.807) is 30.3 Å². The number of hydrogen-bond donors (Lipinski definition) is 1. The highest BCUT2D eigenvalue weighted by Crippen LogP contribution is 2.30. The molecule has 2 aromatic rings. The van der Waals surface area contributed by atoms with E-state index in [0.717, 1.165) is 4.90 Å². The highest BCUT2D eigenvalue weighted by atomic mass is 35.5. The maximum Gasteiger partial charge on any atom is 0.335 e. The first-order valence-corrected chi connectivity index (χ1v) is 8.80. The Kier molecular flexibility index (Phi) is 5.65. The molecule has 0 bridgehead atoms. The van der Waals surface area contributed by atoms with Crippen molar-refractivity contribution in [3.8, 4) is 11.5 Å². The van der Waals surface area contributed by atoms with Crippen LogP contribution in [0.5, 0.6) is 11.5 Å². The third-order valence-electron chi connectivity index (χ3n) is 3.99. The third-order valence-corrected chi connectivity index (χ3v) is 4.24. The number of nitrogens with zero attached hydrogens (tertiary/aromatic N) is 1. The Bertz CT molecular complexity index is 969. The quantitative estimate of drug-likeness (QED) is 0.614. The zero-order chi connectivity index (χ0) is 20.3. The molecule has 0 unspecified atom stereocenters. The zero-order valence-electron chi connectivity index (χ0n) is 15.2. The van der Waals surface area contributed by atoms with Gasteiger partial charge in [0.15, 0.2) is 11.5 Å². The molecule has 0 aromatic heterocycles. The molecule has 144 valence electrons. The average molecular weight is 401 g/mol. The Hall–Kier alpha value is -3.32. The monoisotopic (exact) mass is 400 g/mol. The Balaban J connectivity index is 1.99. The van der Waals surface area contributed by atoms with Crippen LogP contribution in [0.1, 0.15) is 12.5 Å². The molecule has 0 atom stereocenters. The van der Waals surface area contributed by atoms with E-state index in [4.69, 9.17) is 21.1 Å². The summed E-state index contributed by atoms with van der Waals surface area (Å²) in [5.74, 6) is -0.492. The second-order valence-corrected chi connectivity index (χ2v) is 6.21. The standard InChI is InChI=1S/C20H17ClN2O5/c1-3-28-17-11-12(4-9-16(17)27-2)10-15-18(24)22-20(26)23(19(15)25)14-7-5-13(21)6-8-14/h4-11H,3H2,1-2H3,(H,22,24,26)/b15-10+. The highest BCUT2D eigenvalue weighted by Gasteiger charge is 2.36. The van der Waals surface area contributed by atoms with Crippen molar-refractivity contribution in [3.63, 3.8) is 0 Å². The molecule has 1 N–H and O–H groups in total. The molecule has 8 heteroatoms. The van der Waals surface area contributed by atoms with Crippen LogP contribution in [0.2, 0.25) is 5.02 Å². The number of carbonyl (C=O) groups is 3. The van der Waals surface area contributed by atoms with Gasteiger partial charge in [0.2, 0.25) is 0 Å². The van der Waals surface area contributed by atoms with Crippen LogP contribution >= 0.6 is 11.6 Å². The van der Waals surface area contributed by atoms with Gasteiger partial charge in [0.25, 0.3) is 11.8 Å². The fourth-order valence-electron chi connectivity index (χ4n) is 2.70. The van der Waals surface area contributed by atoms with E-state index in [-0.39, 0.29) is 5.57 Å². The predicted octanol–water partition coefficient (Wildman–Crippen LogP) is 3.41. The lowest BCUT2D eigenvalue weighted by Crippen LogP contribution is -2.54. The number of rotatable bonds is 5. The number of methoxy groups -OCH3 is 1. The van der Waals surface area contributed by atoms with Gasteiger partial charge in [-0.05, 0) is 55.0 Å². The number of nitrogens with one attached hydrogen (secondary N) is 1. The Labute approximate surface area is 166 Å². The second kappa shape index (κ2) is 8.14. The average Bonchev–Trinajstić information content (AvgIpc) is 2.67. The van der Waals surface area contributed by atoms with Crippen LogP contribution in [0.15, 0.2) is 48.0 Å². The molecule has 3 rings (SSSR count). The summed E-state index contributed by atoms with van der Waals surface area (Å²) in [5, 5.41) is 2.64. The molecular weight excluding hydrogens is 384 g/mol. The summed E-state index contributed by atoms with van der Waals surface area (Å²) >= 11 is 5.86. The number of benzene rings is 2. The molecule has 1 aliphatic heterocycles. The minimum Gasteiger partial charge on any atom is -0.493 e. The van der Waals surface area contributed by atoms with Gasteiger partial charge in [0.1, 0.15) is 5.57 Å². The van der Waals surface area contributed by atoms with Gasteiger partial charge >= 0.3 is 6.03 Å². The molecule has 0 spiro atoms. The van der Waals surface area contributed by atoms with Crippen LogP contribution in [-0.4, -0.2) is 31.6 Å². The van der Waals surface area contributed by atoms with Crippen molar-refractivity contribution in [2.45, 2.75) is 6.92 Å². The van der Waals surface area contributed by atoms with Crippen molar-refractivity contribution in [2.24, 2.45) is 0 Å². The van der Waals surface area contributed by atoms with E-state index in [0.29, 0.717) is 34.4 Å². The van der Waals surface area contributed by atoms with Crippen molar-refractivity contribution in [2.75, 3.05) is 18.6 Å². The highest BCUT2D eigenvalue weighted by molar-refractivity contribution is 6.39. The molecule has 0 aliphatic carbocycles. The lowest BCUT2D eigenvalue weighted by atomic mass is 10.1. The summed E-state index contributed by atoms with van der Waals surface area (Å²) in [5.41, 5.74) is 0.672. The third kappa shape index (κ3) is 3.84. The summed E-state index contributed by atoms with van der Waals surface area (Å²) in [6, 6.07) is 10.3. The van der Waals surface area contributed by atoms with Gasteiger partial charge in [-0.2, -0.15) is 0 Å². The SMILES string of the molecule is CCOc1cc(/C=C2\C(=O)NC(=O)N(c3ccc(Cl)cc3)C2=O)ccc1OC. The maximum atomic E-state index is 12.9. The number of halogens is 1. The predicted molar refractivity (Wildman–Crippen MR) is 105 cm³/mol. The van der Waals surface area contributed by atoms with E-state index in [2.05, 4.69) is 5.32 Å². The molecular formula is C20H17ClN2O5. The molecule has 1 aliphatic rings. The summed E-state index contributed by atoms with van der Waals surface area (Å²) in [6.07, 6.45) is 1.40. The minimum absolute atomic E-state index is 0.179. The van der Waals surface area contributed by atoms with Gasteiger partial charge in [-0.15, -0.1) is 0 Å². The van der Waals surface area contributed by atoms with E-state index >= 15 is 0 Å². The van der Waals surface area contributed by atoms with Crippen molar-refractivity contribution < 1.29 is 23.9 Å². The second-order valence-electron chi connectivity index (χ2n) is 5.78. The summed E-state index contributed by atoms with van der Waals surface area (Å²) in [6.45, 7) is 2.26. The lowest BCUT2D eigenvalue weighted by molar-refractivity contribution is -0.122. The largest absolute Gasteiger partial charge is 0.493 e. The number of imide groups is 2. The maximum absolute atomic E-state index is 12.9. The number of hydrogen-bond acceptors (Lipinski definition) is 5. The molecule has 7 nitrogen and oxygen atoms in total. The van der Waals surface area contributed by atoms with Crippen molar-refractivity contribution in [1.29, 1.82) is 0 Å². The molecule has 1 heterocycles. The first-order chi connectivity index (χ1) is 13.4. The van der Waals surface area contributed by atoms with Gasteiger partial charge in [-0.3, -0.25) is 14.9 Å². The zero-order valence-corrected chi connectivity index (χ0v) is 15.9. The van der Waals surface area contributed by atoms with Crippen LogP contribution < -0.4 is 19.7 Å². The van der Waals surface area contributed by atoms with Gasteiger partial charge in [0, 0.05) is 5.02 Å². The lowest BCUT2D eigenvalue weighted by Gasteiger charge is -2.26. The van der Waals surface area contributed by atoms with Crippen LogP contribution in [0.4, 0.5) is 10.5 Å². The molecule has 0 radical (unpaired) electrons. The number of amides is 4.